The Morgan fingerprint density at radius 2 is 1.80 bits per heavy atom. The minimum atomic E-state index is -0.595. The van der Waals surface area contributed by atoms with Crippen molar-refractivity contribution in [2.45, 2.75) is 25.4 Å². The highest BCUT2D eigenvalue weighted by Crippen LogP contribution is 2.21. The highest BCUT2D eigenvalue weighted by atomic mass is 16.5. The average molecular weight is 473 g/mol. The van der Waals surface area contributed by atoms with Crippen molar-refractivity contribution < 1.29 is 14.3 Å². The van der Waals surface area contributed by atoms with Gasteiger partial charge in [-0.1, -0.05) is 42.5 Å². The number of carbonyl (C=O) groups is 2. The number of hydrogen-bond donors (Lipinski definition) is 1. The third kappa shape index (κ3) is 6.67. The fourth-order valence-corrected chi connectivity index (χ4v) is 4.40. The molecule has 1 amide bonds. The van der Waals surface area contributed by atoms with Crippen LogP contribution in [0.3, 0.4) is 0 Å². The molecular weight excluding hydrogens is 440 g/mol. The third-order valence-electron chi connectivity index (χ3n) is 6.26. The van der Waals surface area contributed by atoms with Gasteiger partial charge in [0.2, 0.25) is 0 Å². The van der Waals surface area contributed by atoms with Gasteiger partial charge in [-0.3, -0.25) is 9.69 Å². The number of amides is 1. The van der Waals surface area contributed by atoms with Gasteiger partial charge in [0.25, 0.3) is 5.91 Å². The van der Waals surface area contributed by atoms with Gasteiger partial charge in [-0.2, -0.15) is 0 Å². The van der Waals surface area contributed by atoms with Crippen molar-refractivity contribution in [2.24, 2.45) is 0 Å². The second-order valence-electron chi connectivity index (χ2n) is 8.75. The van der Waals surface area contributed by atoms with E-state index in [0.717, 1.165) is 56.7 Å². The topological polar surface area (TPSA) is 74.8 Å². The van der Waals surface area contributed by atoms with Crippen LogP contribution in [-0.2, 0) is 17.8 Å². The van der Waals surface area contributed by atoms with Crippen molar-refractivity contribution in [1.82, 2.24) is 15.2 Å². The zero-order chi connectivity index (χ0) is 24.5. The van der Waals surface area contributed by atoms with Crippen molar-refractivity contribution in [3.8, 4) is 5.75 Å². The molecule has 2 aromatic carbocycles. The Bertz CT molecular complexity index is 1100. The summed E-state index contributed by atoms with van der Waals surface area (Å²) in [5.41, 5.74) is 2.74. The zero-order valence-corrected chi connectivity index (χ0v) is 20.1. The lowest BCUT2D eigenvalue weighted by molar-refractivity contribution is -0.109. The molecule has 1 fully saturated rings. The van der Waals surface area contributed by atoms with Gasteiger partial charge in [-0.25, -0.2) is 4.98 Å². The molecule has 0 aliphatic carbocycles. The second kappa shape index (κ2) is 12.1. The molecule has 35 heavy (non-hydrogen) atoms. The summed E-state index contributed by atoms with van der Waals surface area (Å²) in [5.74, 6) is 1.25. The van der Waals surface area contributed by atoms with Crippen LogP contribution >= 0.6 is 0 Å². The monoisotopic (exact) mass is 472 g/mol. The normalized spacial score (nSPS) is 15.2. The van der Waals surface area contributed by atoms with Crippen LogP contribution in [0.2, 0.25) is 0 Å². The van der Waals surface area contributed by atoms with E-state index in [0.29, 0.717) is 17.8 Å². The minimum Gasteiger partial charge on any atom is -0.497 e. The molecule has 1 N–H and O–H groups in total. The first-order chi connectivity index (χ1) is 17.2. The smallest absolute Gasteiger partial charge is 0.255 e. The molecular formula is C28H32N4O3. The van der Waals surface area contributed by atoms with Gasteiger partial charge >= 0.3 is 0 Å². The number of benzene rings is 2. The molecule has 7 heteroatoms. The molecule has 1 aliphatic heterocycles. The summed E-state index contributed by atoms with van der Waals surface area (Å²) in [5, 5.41) is 2.88. The van der Waals surface area contributed by atoms with Crippen molar-refractivity contribution >= 4 is 18.0 Å². The van der Waals surface area contributed by atoms with E-state index in [1.54, 1.807) is 25.4 Å². The Hall–Kier alpha value is -3.71. The van der Waals surface area contributed by atoms with Crippen LogP contribution in [0.5, 0.6) is 5.75 Å². The Morgan fingerprint density at radius 3 is 2.54 bits per heavy atom. The van der Waals surface area contributed by atoms with Gasteiger partial charge in [0.05, 0.1) is 18.7 Å². The molecule has 3 aromatic rings. The predicted molar refractivity (Wildman–Crippen MR) is 137 cm³/mol. The van der Waals surface area contributed by atoms with Crippen LogP contribution in [0, 0.1) is 0 Å². The fraction of sp³-hybridized carbons (Fsp3) is 0.321. The molecule has 4 rings (SSSR count). The molecule has 1 saturated heterocycles. The molecule has 0 saturated carbocycles. The lowest BCUT2D eigenvalue weighted by Gasteiger charge is -2.25. The van der Waals surface area contributed by atoms with E-state index < -0.39 is 6.04 Å². The molecule has 1 unspecified atom stereocenters. The summed E-state index contributed by atoms with van der Waals surface area (Å²) in [6, 6.07) is 20.8. The molecule has 1 aromatic heterocycles. The summed E-state index contributed by atoms with van der Waals surface area (Å²) >= 11 is 0. The van der Waals surface area contributed by atoms with E-state index in [9.17, 15) is 9.59 Å². The first kappa shape index (κ1) is 24.4. The molecule has 182 valence electrons. The number of methoxy groups -OCH3 is 1. The number of nitrogens with zero attached hydrogens (tertiary/aromatic N) is 3. The maximum atomic E-state index is 13.2. The van der Waals surface area contributed by atoms with Gasteiger partial charge in [-0.05, 0) is 48.2 Å². The predicted octanol–water partition coefficient (Wildman–Crippen LogP) is 3.34. The molecule has 0 bridgehead atoms. The van der Waals surface area contributed by atoms with E-state index in [2.05, 4.69) is 32.2 Å². The summed E-state index contributed by atoms with van der Waals surface area (Å²) in [6.07, 6.45) is 3.94. The Kier molecular flexibility index (Phi) is 8.46. The van der Waals surface area contributed by atoms with Crippen molar-refractivity contribution in [3.05, 3.63) is 89.6 Å². The molecule has 0 radical (unpaired) electrons. The third-order valence-corrected chi connectivity index (χ3v) is 6.26. The number of ether oxygens (including phenoxy) is 1. The first-order valence-electron chi connectivity index (χ1n) is 12.0. The van der Waals surface area contributed by atoms with E-state index in [1.807, 2.05) is 42.5 Å². The Balaban J connectivity index is 1.40. The maximum Gasteiger partial charge on any atom is 0.255 e. The summed E-state index contributed by atoms with van der Waals surface area (Å²) in [4.78, 5) is 34.0. The van der Waals surface area contributed by atoms with Crippen LogP contribution in [0.1, 0.15) is 27.9 Å². The standard InChI is InChI=1S/C28H32N4O3/c1-35-25-12-10-23(11-13-25)20-31-15-6-16-32(18-17-31)27-26(9-5-14-29-27)28(34)30-24(21-33)19-22-7-3-2-4-8-22/h2-5,7-14,21,24H,6,15-20H2,1H3,(H,30,34). The van der Waals surface area contributed by atoms with E-state index >= 15 is 0 Å². The SMILES string of the molecule is COc1ccc(CN2CCCN(c3ncccc3C(=O)NC(C=O)Cc3ccccc3)CC2)cc1. The number of carbonyl (C=O) groups excluding carboxylic acids is 2. The second-order valence-corrected chi connectivity index (χ2v) is 8.75. The number of nitrogens with one attached hydrogen (secondary N) is 1. The van der Waals surface area contributed by atoms with Crippen molar-refractivity contribution in [3.63, 3.8) is 0 Å². The van der Waals surface area contributed by atoms with Crippen molar-refractivity contribution in [2.75, 3.05) is 38.2 Å². The zero-order valence-electron chi connectivity index (χ0n) is 20.1. The highest BCUT2D eigenvalue weighted by molar-refractivity contribution is 6.00. The molecule has 1 aliphatic rings. The molecule has 1 atom stereocenters. The number of rotatable bonds is 9. The minimum absolute atomic E-state index is 0.277. The lowest BCUT2D eigenvalue weighted by atomic mass is 10.1. The first-order valence-corrected chi connectivity index (χ1v) is 12.0. The number of hydrogen-bond acceptors (Lipinski definition) is 6. The van der Waals surface area contributed by atoms with E-state index in [-0.39, 0.29) is 5.91 Å². The average Bonchev–Trinajstić information content (AvgIpc) is 3.14. The van der Waals surface area contributed by atoms with Crippen molar-refractivity contribution in [1.29, 1.82) is 0 Å². The summed E-state index contributed by atoms with van der Waals surface area (Å²) in [7, 11) is 1.67. The van der Waals surface area contributed by atoms with Gasteiger partial charge < -0.3 is 19.7 Å². The van der Waals surface area contributed by atoms with Crippen LogP contribution in [0.4, 0.5) is 5.82 Å². The summed E-state index contributed by atoms with van der Waals surface area (Å²) < 4.78 is 5.25. The largest absolute Gasteiger partial charge is 0.497 e. The van der Waals surface area contributed by atoms with Crippen LogP contribution < -0.4 is 15.0 Å². The highest BCUT2D eigenvalue weighted by Gasteiger charge is 2.23. The number of aromatic nitrogens is 1. The van der Waals surface area contributed by atoms with Gasteiger partial charge in [0.1, 0.15) is 17.9 Å². The summed E-state index contributed by atoms with van der Waals surface area (Å²) in [6.45, 7) is 4.30. The van der Waals surface area contributed by atoms with Gasteiger partial charge in [0, 0.05) is 38.9 Å². The quantitative estimate of drug-likeness (QED) is 0.482. The molecule has 0 spiro atoms. The number of pyridine rings is 1. The Morgan fingerprint density at radius 1 is 1.00 bits per heavy atom. The molecule has 7 nitrogen and oxygen atoms in total. The van der Waals surface area contributed by atoms with E-state index in [4.69, 9.17) is 4.74 Å². The van der Waals surface area contributed by atoms with Crippen LogP contribution in [0.15, 0.2) is 72.9 Å². The number of anilines is 1. The van der Waals surface area contributed by atoms with Crippen LogP contribution in [0.25, 0.3) is 0 Å². The van der Waals surface area contributed by atoms with E-state index in [1.165, 1.54) is 5.56 Å². The van der Waals surface area contributed by atoms with Gasteiger partial charge in [-0.15, -0.1) is 0 Å². The number of aldehydes is 1. The Labute approximate surface area is 206 Å². The van der Waals surface area contributed by atoms with Crippen LogP contribution in [-0.4, -0.2) is 61.4 Å². The van der Waals surface area contributed by atoms with Gasteiger partial charge in [0.15, 0.2) is 0 Å². The fourth-order valence-electron chi connectivity index (χ4n) is 4.40. The molecule has 2 heterocycles. The lowest BCUT2D eigenvalue weighted by Crippen LogP contribution is -2.39. The maximum absolute atomic E-state index is 13.2.